The fraction of sp³-hybridized carbons (Fsp3) is 0. The second-order valence-electron chi connectivity index (χ2n) is 3.25. The van der Waals surface area contributed by atoms with Crippen molar-refractivity contribution in [1.82, 2.24) is 9.97 Å². The molecule has 6 nitrogen and oxygen atoms in total. The molecule has 0 aliphatic heterocycles. The van der Waals surface area contributed by atoms with Crippen molar-refractivity contribution in [3.63, 3.8) is 0 Å². The van der Waals surface area contributed by atoms with Crippen molar-refractivity contribution in [3.05, 3.63) is 42.7 Å². The van der Waals surface area contributed by atoms with E-state index >= 15 is 0 Å². The minimum absolute atomic E-state index is 0.0446. The summed E-state index contributed by atoms with van der Waals surface area (Å²) in [7, 11) is -3.67. The number of sulfonamides is 1. The highest BCUT2D eigenvalue weighted by atomic mass is 32.2. The number of nitrogens with one attached hydrogen (secondary N) is 1. The molecule has 0 amide bonds. The van der Waals surface area contributed by atoms with E-state index in [1.54, 1.807) is 12.1 Å². The molecule has 0 saturated heterocycles. The fourth-order valence-corrected chi connectivity index (χ4v) is 2.17. The first-order valence-electron chi connectivity index (χ1n) is 4.73. The number of hydrogen-bond donors (Lipinski definition) is 2. The molecule has 0 bridgehead atoms. The van der Waals surface area contributed by atoms with Gasteiger partial charge >= 0.3 is 0 Å². The maximum atomic E-state index is 11.9. The number of nitrogens with zero attached hydrogens (tertiary/aromatic N) is 2. The average Bonchev–Trinajstić information content (AvgIpc) is 2.33. The first-order chi connectivity index (χ1) is 8.08. The highest BCUT2D eigenvalue weighted by Crippen LogP contribution is 2.13. The largest absolute Gasteiger partial charge is 0.384 e. The van der Waals surface area contributed by atoms with Crippen molar-refractivity contribution in [3.8, 4) is 0 Å². The molecule has 2 heterocycles. The van der Waals surface area contributed by atoms with Gasteiger partial charge in [-0.15, -0.1) is 0 Å². The van der Waals surface area contributed by atoms with Crippen molar-refractivity contribution >= 4 is 21.5 Å². The molecule has 0 fully saturated rings. The quantitative estimate of drug-likeness (QED) is 0.841. The van der Waals surface area contributed by atoms with Crippen molar-refractivity contribution in [2.75, 3.05) is 10.5 Å². The van der Waals surface area contributed by atoms with Gasteiger partial charge in [-0.05, 0) is 24.3 Å². The maximum Gasteiger partial charge on any atom is 0.279 e. The van der Waals surface area contributed by atoms with E-state index in [9.17, 15) is 8.42 Å². The molecule has 17 heavy (non-hydrogen) atoms. The lowest BCUT2D eigenvalue weighted by atomic mass is 10.4. The molecule has 0 atom stereocenters. The van der Waals surface area contributed by atoms with Crippen LogP contribution in [0.4, 0.5) is 11.5 Å². The number of nitrogen functional groups attached to an aromatic ring is 1. The van der Waals surface area contributed by atoms with Crippen molar-refractivity contribution in [2.24, 2.45) is 0 Å². The van der Waals surface area contributed by atoms with Crippen LogP contribution in [-0.2, 0) is 10.0 Å². The molecular weight excluding hydrogens is 240 g/mol. The lowest BCUT2D eigenvalue weighted by Gasteiger charge is -2.06. The zero-order valence-electron chi connectivity index (χ0n) is 8.74. The molecule has 88 valence electrons. The highest BCUT2D eigenvalue weighted by Gasteiger charge is 2.14. The second-order valence-corrected chi connectivity index (χ2v) is 4.87. The van der Waals surface area contributed by atoms with Crippen molar-refractivity contribution in [2.45, 2.75) is 5.03 Å². The van der Waals surface area contributed by atoms with Gasteiger partial charge in [-0.25, -0.2) is 9.97 Å². The molecule has 2 rings (SSSR count). The van der Waals surface area contributed by atoms with Gasteiger partial charge < -0.3 is 5.73 Å². The van der Waals surface area contributed by atoms with Gasteiger partial charge in [-0.1, -0.05) is 6.07 Å². The second kappa shape index (κ2) is 4.38. The van der Waals surface area contributed by atoms with Crippen LogP contribution in [0.1, 0.15) is 0 Å². The Bertz CT molecular complexity index is 596. The Kier molecular flexibility index (Phi) is 2.92. The summed E-state index contributed by atoms with van der Waals surface area (Å²) in [5.41, 5.74) is 5.74. The number of anilines is 2. The zero-order chi connectivity index (χ0) is 12.3. The van der Waals surface area contributed by atoms with Crippen LogP contribution in [0.2, 0.25) is 0 Å². The minimum Gasteiger partial charge on any atom is -0.384 e. The molecule has 2 aromatic rings. The molecule has 0 saturated carbocycles. The molecular formula is C10H10N4O2S. The SMILES string of the molecule is Nc1ccc(NS(=O)(=O)c2ccccn2)cn1. The molecule has 7 heteroatoms. The van der Waals surface area contributed by atoms with E-state index in [-0.39, 0.29) is 5.03 Å². The van der Waals surface area contributed by atoms with Gasteiger partial charge in [0, 0.05) is 6.20 Å². The summed E-state index contributed by atoms with van der Waals surface area (Å²) >= 11 is 0. The number of hydrogen-bond acceptors (Lipinski definition) is 5. The van der Waals surface area contributed by atoms with E-state index in [4.69, 9.17) is 5.73 Å². The van der Waals surface area contributed by atoms with Crippen LogP contribution < -0.4 is 10.5 Å². The Hall–Kier alpha value is -2.15. The van der Waals surface area contributed by atoms with Gasteiger partial charge in [0.05, 0.1) is 11.9 Å². The topological polar surface area (TPSA) is 98.0 Å². The number of nitrogens with two attached hydrogens (primary N) is 1. The highest BCUT2D eigenvalue weighted by molar-refractivity contribution is 7.92. The van der Waals surface area contributed by atoms with Crippen LogP contribution in [0, 0.1) is 0 Å². The smallest absolute Gasteiger partial charge is 0.279 e. The number of pyridine rings is 2. The predicted octanol–water partition coefficient (Wildman–Crippen LogP) is 0.860. The van der Waals surface area contributed by atoms with Gasteiger partial charge in [-0.3, -0.25) is 4.72 Å². The monoisotopic (exact) mass is 250 g/mol. The normalized spacial score (nSPS) is 11.1. The van der Waals surface area contributed by atoms with Gasteiger partial charge in [0.15, 0.2) is 5.03 Å². The summed E-state index contributed by atoms with van der Waals surface area (Å²) in [6.07, 6.45) is 2.76. The summed E-state index contributed by atoms with van der Waals surface area (Å²) in [6, 6.07) is 7.69. The van der Waals surface area contributed by atoms with Crippen LogP contribution in [0.3, 0.4) is 0 Å². The van der Waals surface area contributed by atoms with E-state index in [1.165, 1.54) is 30.6 Å². The van der Waals surface area contributed by atoms with Crippen molar-refractivity contribution in [1.29, 1.82) is 0 Å². The Morgan fingerprint density at radius 1 is 1.12 bits per heavy atom. The van der Waals surface area contributed by atoms with E-state index < -0.39 is 10.0 Å². The molecule has 2 aromatic heterocycles. The third kappa shape index (κ3) is 2.70. The molecule has 0 aliphatic rings. The first kappa shape index (κ1) is 11.3. The summed E-state index contributed by atoms with van der Waals surface area (Å²) < 4.78 is 26.1. The van der Waals surface area contributed by atoms with Crippen LogP contribution in [0.15, 0.2) is 47.8 Å². The Labute approximate surface area is 98.6 Å². The molecule has 0 radical (unpaired) electrons. The van der Waals surface area contributed by atoms with E-state index in [0.29, 0.717) is 11.5 Å². The van der Waals surface area contributed by atoms with Crippen LogP contribution in [0.25, 0.3) is 0 Å². The van der Waals surface area contributed by atoms with E-state index in [1.807, 2.05) is 0 Å². The standard InChI is InChI=1S/C10H10N4O2S/c11-9-5-4-8(7-13-9)14-17(15,16)10-3-1-2-6-12-10/h1-7,14H,(H2,11,13). The lowest BCUT2D eigenvalue weighted by Crippen LogP contribution is -2.14. The Balaban J connectivity index is 2.27. The summed E-state index contributed by atoms with van der Waals surface area (Å²) in [5.74, 6) is 0.325. The Morgan fingerprint density at radius 3 is 2.53 bits per heavy atom. The van der Waals surface area contributed by atoms with E-state index in [2.05, 4.69) is 14.7 Å². The number of aromatic nitrogens is 2. The molecule has 0 aliphatic carbocycles. The Morgan fingerprint density at radius 2 is 1.94 bits per heavy atom. The molecule has 0 spiro atoms. The van der Waals surface area contributed by atoms with Gasteiger partial charge in [0.2, 0.25) is 0 Å². The fourth-order valence-electron chi connectivity index (χ4n) is 1.18. The van der Waals surface area contributed by atoms with Crippen LogP contribution >= 0.6 is 0 Å². The lowest BCUT2D eigenvalue weighted by molar-refractivity contribution is 0.597. The first-order valence-corrected chi connectivity index (χ1v) is 6.22. The van der Waals surface area contributed by atoms with Crippen molar-refractivity contribution < 1.29 is 8.42 Å². The third-order valence-electron chi connectivity index (χ3n) is 1.95. The molecule has 0 unspecified atom stereocenters. The average molecular weight is 250 g/mol. The van der Waals surface area contributed by atoms with Gasteiger partial charge in [-0.2, -0.15) is 8.42 Å². The summed E-state index contributed by atoms with van der Waals surface area (Å²) in [5, 5.41) is -0.0446. The maximum absolute atomic E-state index is 11.9. The number of rotatable bonds is 3. The van der Waals surface area contributed by atoms with Crippen LogP contribution in [0.5, 0.6) is 0 Å². The third-order valence-corrected chi connectivity index (χ3v) is 3.25. The zero-order valence-corrected chi connectivity index (χ0v) is 9.55. The molecule has 3 N–H and O–H groups in total. The minimum atomic E-state index is -3.67. The van der Waals surface area contributed by atoms with Gasteiger partial charge in [0.1, 0.15) is 5.82 Å². The molecule has 0 aromatic carbocycles. The predicted molar refractivity (Wildman–Crippen MR) is 63.7 cm³/mol. The van der Waals surface area contributed by atoms with Gasteiger partial charge in [0.25, 0.3) is 10.0 Å². The summed E-state index contributed by atoms with van der Waals surface area (Å²) in [6.45, 7) is 0. The van der Waals surface area contributed by atoms with E-state index in [0.717, 1.165) is 0 Å². The van der Waals surface area contributed by atoms with Crippen LogP contribution in [-0.4, -0.2) is 18.4 Å². The summed E-state index contributed by atoms with van der Waals surface area (Å²) in [4.78, 5) is 7.56.